The van der Waals surface area contributed by atoms with Gasteiger partial charge in [-0.3, -0.25) is 0 Å². The van der Waals surface area contributed by atoms with Gasteiger partial charge in [0.15, 0.2) is 0 Å². The maximum absolute atomic E-state index is 9.72. The zero-order chi connectivity index (χ0) is 15.4. The molecule has 5 nitrogen and oxygen atoms in total. The molecule has 0 bridgehead atoms. The lowest BCUT2D eigenvalue weighted by Crippen LogP contribution is -2.42. The topological polar surface area (TPSA) is 62.0 Å². The number of nitrogens with zero attached hydrogens (tertiary/aromatic N) is 4. The molecule has 0 saturated carbocycles. The largest absolute Gasteiger partial charge is 0.481 e. The van der Waals surface area contributed by atoms with Crippen molar-refractivity contribution in [2.24, 2.45) is 0 Å². The maximum Gasteiger partial charge on any atom is 0.218 e. The summed E-state index contributed by atoms with van der Waals surface area (Å²) >= 11 is 0. The molecule has 0 N–H and O–H groups in total. The number of aromatic nitrogens is 2. The normalized spacial score (nSPS) is 16.8. The van der Waals surface area contributed by atoms with E-state index < -0.39 is 5.41 Å². The number of nitriles is 1. The van der Waals surface area contributed by atoms with Gasteiger partial charge in [0.2, 0.25) is 5.88 Å². The van der Waals surface area contributed by atoms with Crippen LogP contribution in [-0.4, -0.2) is 30.2 Å². The van der Waals surface area contributed by atoms with Crippen molar-refractivity contribution in [3.8, 4) is 11.9 Å². The fraction of sp³-hybridized carbons (Fsp3) is 0.353. The second-order valence-corrected chi connectivity index (χ2v) is 5.47. The van der Waals surface area contributed by atoms with Crippen molar-refractivity contribution in [2.75, 3.05) is 25.1 Å². The molecule has 2 aromatic rings. The zero-order valence-electron chi connectivity index (χ0n) is 12.6. The first-order valence-corrected chi connectivity index (χ1v) is 7.35. The number of piperidine rings is 1. The van der Waals surface area contributed by atoms with Crippen LogP contribution in [0, 0.1) is 11.3 Å². The minimum absolute atomic E-state index is 0.394. The van der Waals surface area contributed by atoms with E-state index in [-0.39, 0.29) is 0 Å². The predicted molar refractivity (Wildman–Crippen MR) is 83.8 cm³/mol. The Labute approximate surface area is 130 Å². The molecule has 0 aliphatic carbocycles. The van der Waals surface area contributed by atoms with Gasteiger partial charge in [0.1, 0.15) is 12.1 Å². The lowest BCUT2D eigenvalue weighted by atomic mass is 9.74. The van der Waals surface area contributed by atoms with Crippen LogP contribution in [0.5, 0.6) is 5.88 Å². The van der Waals surface area contributed by atoms with Gasteiger partial charge in [0.25, 0.3) is 0 Å². The van der Waals surface area contributed by atoms with E-state index in [4.69, 9.17) is 4.74 Å². The first-order valence-electron chi connectivity index (χ1n) is 7.35. The summed E-state index contributed by atoms with van der Waals surface area (Å²) in [6.07, 6.45) is 3.09. The number of methoxy groups -OCH3 is 1. The summed E-state index contributed by atoms with van der Waals surface area (Å²) in [6.45, 7) is 1.59. The molecular weight excluding hydrogens is 276 g/mol. The molecule has 2 heterocycles. The Hall–Kier alpha value is -2.61. The third kappa shape index (κ3) is 2.60. The molecule has 0 radical (unpaired) electrons. The zero-order valence-corrected chi connectivity index (χ0v) is 12.6. The van der Waals surface area contributed by atoms with Gasteiger partial charge in [0.05, 0.1) is 18.6 Å². The van der Waals surface area contributed by atoms with E-state index in [2.05, 4.69) is 20.9 Å². The summed E-state index contributed by atoms with van der Waals surface area (Å²) < 4.78 is 5.15. The lowest BCUT2D eigenvalue weighted by Gasteiger charge is -2.38. The predicted octanol–water partition coefficient (Wildman–Crippen LogP) is 2.55. The summed E-state index contributed by atoms with van der Waals surface area (Å²) in [7, 11) is 1.60. The van der Waals surface area contributed by atoms with Gasteiger partial charge < -0.3 is 9.64 Å². The van der Waals surface area contributed by atoms with Gasteiger partial charge in [-0.1, -0.05) is 30.3 Å². The van der Waals surface area contributed by atoms with E-state index >= 15 is 0 Å². The Balaban J connectivity index is 1.78. The summed E-state index contributed by atoms with van der Waals surface area (Å²) in [4.78, 5) is 10.5. The average molecular weight is 294 g/mol. The van der Waals surface area contributed by atoms with Crippen LogP contribution in [-0.2, 0) is 5.41 Å². The van der Waals surface area contributed by atoms with Crippen molar-refractivity contribution < 1.29 is 4.74 Å². The maximum atomic E-state index is 9.72. The van der Waals surface area contributed by atoms with E-state index in [1.54, 1.807) is 7.11 Å². The fourth-order valence-electron chi connectivity index (χ4n) is 2.95. The molecule has 5 heteroatoms. The number of hydrogen-bond acceptors (Lipinski definition) is 5. The van der Waals surface area contributed by atoms with Crippen molar-refractivity contribution in [3.63, 3.8) is 0 Å². The van der Waals surface area contributed by atoms with Crippen molar-refractivity contribution in [1.29, 1.82) is 5.26 Å². The van der Waals surface area contributed by atoms with E-state index in [1.807, 2.05) is 36.4 Å². The van der Waals surface area contributed by atoms with Gasteiger partial charge in [-0.15, -0.1) is 0 Å². The number of rotatable bonds is 3. The molecule has 112 valence electrons. The highest BCUT2D eigenvalue weighted by atomic mass is 16.5. The number of ether oxygens (including phenoxy) is 1. The number of anilines is 1. The van der Waals surface area contributed by atoms with Crippen LogP contribution in [0.3, 0.4) is 0 Å². The smallest absolute Gasteiger partial charge is 0.218 e. The van der Waals surface area contributed by atoms with Gasteiger partial charge in [-0.2, -0.15) is 5.26 Å². The van der Waals surface area contributed by atoms with Gasteiger partial charge in [-0.05, 0) is 18.4 Å². The molecule has 22 heavy (non-hydrogen) atoms. The molecule has 1 aromatic heterocycles. The van der Waals surface area contributed by atoms with Crippen molar-refractivity contribution in [2.45, 2.75) is 18.3 Å². The second-order valence-electron chi connectivity index (χ2n) is 5.47. The number of hydrogen-bond donors (Lipinski definition) is 0. The molecular formula is C17H18N4O. The quantitative estimate of drug-likeness (QED) is 0.870. The Morgan fingerprint density at radius 2 is 1.91 bits per heavy atom. The molecule has 3 rings (SSSR count). The monoisotopic (exact) mass is 294 g/mol. The molecule has 0 unspecified atom stereocenters. The van der Waals surface area contributed by atoms with Crippen LogP contribution in [0.15, 0.2) is 42.7 Å². The van der Waals surface area contributed by atoms with E-state index in [0.717, 1.165) is 37.3 Å². The highest BCUT2D eigenvalue weighted by Gasteiger charge is 2.36. The van der Waals surface area contributed by atoms with Crippen molar-refractivity contribution in [1.82, 2.24) is 9.97 Å². The average Bonchev–Trinajstić information content (AvgIpc) is 2.62. The number of benzene rings is 1. The van der Waals surface area contributed by atoms with E-state index in [0.29, 0.717) is 5.88 Å². The van der Waals surface area contributed by atoms with Gasteiger partial charge in [-0.25, -0.2) is 9.97 Å². The Morgan fingerprint density at radius 3 is 2.55 bits per heavy atom. The van der Waals surface area contributed by atoms with Gasteiger partial charge in [0, 0.05) is 19.2 Å². The van der Waals surface area contributed by atoms with Crippen molar-refractivity contribution >= 4 is 5.82 Å². The Morgan fingerprint density at radius 1 is 1.18 bits per heavy atom. The van der Waals surface area contributed by atoms with E-state index in [9.17, 15) is 5.26 Å². The Kier molecular flexibility index (Phi) is 3.92. The highest BCUT2D eigenvalue weighted by molar-refractivity contribution is 5.44. The summed E-state index contributed by atoms with van der Waals surface area (Å²) in [5, 5.41) is 9.72. The van der Waals surface area contributed by atoms with Crippen LogP contribution in [0.4, 0.5) is 5.82 Å². The van der Waals surface area contributed by atoms with Gasteiger partial charge >= 0.3 is 0 Å². The van der Waals surface area contributed by atoms with E-state index in [1.165, 1.54) is 6.33 Å². The van der Waals surface area contributed by atoms with Crippen LogP contribution in [0.2, 0.25) is 0 Å². The highest BCUT2D eigenvalue weighted by Crippen LogP contribution is 2.36. The minimum atomic E-state index is -0.394. The van der Waals surface area contributed by atoms with Crippen LogP contribution < -0.4 is 9.64 Å². The standard InChI is InChI=1S/C17H18N4O/c1-22-16-11-15(19-13-20-16)21-9-7-17(12-18,8-10-21)14-5-3-2-4-6-14/h2-6,11,13H,7-10H2,1H3. The molecule has 1 saturated heterocycles. The van der Waals surface area contributed by atoms with Crippen LogP contribution >= 0.6 is 0 Å². The minimum Gasteiger partial charge on any atom is -0.481 e. The molecule has 1 aliphatic heterocycles. The van der Waals surface area contributed by atoms with Crippen LogP contribution in [0.1, 0.15) is 18.4 Å². The first kappa shape index (κ1) is 14.3. The molecule has 0 amide bonds. The SMILES string of the molecule is COc1cc(N2CCC(C#N)(c3ccccc3)CC2)ncn1. The van der Waals surface area contributed by atoms with Crippen molar-refractivity contribution in [3.05, 3.63) is 48.3 Å². The Bertz CT molecular complexity index is 673. The summed E-state index contributed by atoms with van der Waals surface area (Å²) in [5.41, 5.74) is 0.715. The molecule has 1 fully saturated rings. The second kappa shape index (κ2) is 6.02. The molecule has 1 aliphatic rings. The summed E-state index contributed by atoms with van der Waals surface area (Å²) in [6, 6.07) is 14.5. The summed E-state index contributed by atoms with van der Waals surface area (Å²) in [5.74, 6) is 1.41. The third-order valence-corrected chi connectivity index (χ3v) is 4.32. The first-order chi connectivity index (χ1) is 10.8. The van der Waals surface area contributed by atoms with Crippen LogP contribution in [0.25, 0.3) is 0 Å². The molecule has 0 atom stereocenters. The lowest BCUT2D eigenvalue weighted by molar-refractivity contribution is 0.393. The molecule has 1 aromatic carbocycles. The third-order valence-electron chi connectivity index (χ3n) is 4.32. The molecule has 0 spiro atoms. The fourth-order valence-corrected chi connectivity index (χ4v) is 2.95.